The minimum atomic E-state index is -4.75. The third kappa shape index (κ3) is 7.66. The molecule has 5 rings (SSSR count). The average Bonchev–Trinajstić information content (AvgIpc) is 3.74. The minimum absolute atomic E-state index is 0.248. The van der Waals surface area contributed by atoms with E-state index in [0.717, 1.165) is 21.7 Å². The van der Waals surface area contributed by atoms with Crippen LogP contribution in [0.3, 0.4) is 0 Å². The third-order valence-corrected chi connectivity index (χ3v) is 7.60. The summed E-state index contributed by atoms with van der Waals surface area (Å²) in [5, 5.41) is 12.1. The van der Waals surface area contributed by atoms with E-state index in [-0.39, 0.29) is 11.7 Å². The van der Waals surface area contributed by atoms with Gasteiger partial charge in [0.2, 0.25) is 0 Å². The summed E-state index contributed by atoms with van der Waals surface area (Å²) < 4.78 is 43.5. The number of benzene rings is 3. The number of halogens is 3. The Kier molecular flexibility index (Phi) is 8.28. The number of nitriles is 1. The summed E-state index contributed by atoms with van der Waals surface area (Å²) in [4.78, 5) is 18.5. The summed E-state index contributed by atoms with van der Waals surface area (Å²) >= 11 is 1.56. The third-order valence-electron chi connectivity index (χ3n) is 6.60. The van der Waals surface area contributed by atoms with E-state index in [9.17, 15) is 18.0 Å². The zero-order valence-electron chi connectivity index (χ0n) is 21.8. The van der Waals surface area contributed by atoms with Gasteiger partial charge < -0.3 is 10.1 Å². The molecule has 0 unspecified atom stereocenters. The lowest BCUT2D eigenvalue weighted by molar-refractivity contribution is -0.274. The van der Waals surface area contributed by atoms with Crippen LogP contribution in [0.1, 0.15) is 45.6 Å². The molecule has 0 atom stereocenters. The van der Waals surface area contributed by atoms with Gasteiger partial charge in [-0.05, 0) is 96.6 Å². The minimum Gasteiger partial charge on any atom is -0.406 e. The normalized spacial score (nSPS) is 13.8. The SMILES string of the molecule is N#Cc1ccc(SN(Cc2ccc(C(=O)NC3(c4ccc(OC(F)(F)F)cc4)CC3)cc2)Cc2ccccn2)cc1. The number of nitrogens with zero attached hydrogens (tertiary/aromatic N) is 3. The number of ether oxygens (including phenoxy) is 1. The molecule has 1 amide bonds. The van der Waals surface area contributed by atoms with Gasteiger partial charge in [-0.25, -0.2) is 4.31 Å². The zero-order valence-corrected chi connectivity index (χ0v) is 22.6. The molecule has 1 aliphatic carbocycles. The number of amides is 1. The van der Waals surface area contributed by atoms with E-state index in [1.54, 1.807) is 54.5 Å². The molecule has 1 fully saturated rings. The van der Waals surface area contributed by atoms with Crippen molar-refractivity contribution in [3.05, 3.63) is 125 Å². The van der Waals surface area contributed by atoms with Crippen LogP contribution in [-0.4, -0.2) is 21.6 Å². The van der Waals surface area contributed by atoms with Crippen molar-refractivity contribution in [2.45, 2.75) is 42.7 Å². The van der Waals surface area contributed by atoms with Gasteiger partial charge in [-0.3, -0.25) is 9.78 Å². The number of rotatable bonds is 10. The van der Waals surface area contributed by atoms with Gasteiger partial charge in [0.15, 0.2) is 0 Å². The maximum absolute atomic E-state index is 13.1. The second kappa shape index (κ2) is 12.0. The molecule has 208 valence electrons. The molecule has 4 aromatic rings. The van der Waals surface area contributed by atoms with Gasteiger partial charge >= 0.3 is 6.36 Å². The van der Waals surface area contributed by atoms with Crippen LogP contribution in [0.15, 0.2) is 102 Å². The molecule has 1 N–H and O–H groups in total. The topological polar surface area (TPSA) is 78.2 Å². The van der Waals surface area contributed by atoms with E-state index in [1.807, 2.05) is 42.5 Å². The highest BCUT2D eigenvalue weighted by molar-refractivity contribution is 7.97. The lowest BCUT2D eigenvalue weighted by Gasteiger charge is -2.21. The number of aromatic nitrogens is 1. The van der Waals surface area contributed by atoms with Crippen molar-refractivity contribution in [1.29, 1.82) is 5.26 Å². The second-order valence-corrected chi connectivity index (χ2v) is 10.8. The largest absolute Gasteiger partial charge is 0.573 e. The molecule has 0 radical (unpaired) electrons. The van der Waals surface area contributed by atoms with Gasteiger partial charge in [0, 0.05) is 23.2 Å². The Morgan fingerprint density at radius 3 is 2.27 bits per heavy atom. The molecular weight excluding hydrogens is 549 g/mol. The molecule has 41 heavy (non-hydrogen) atoms. The van der Waals surface area contributed by atoms with Gasteiger partial charge in [-0.2, -0.15) is 5.26 Å². The van der Waals surface area contributed by atoms with E-state index in [1.165, 1.54) is 12.1 Å². The number of pyridine rings is 1. The maximum atomic E-state index is 13.1. The predicted octanol–water partition coefficient (Wildman–Crippen LogP) is 6.98. The summed E-state index contributed by atoms with van der Waals surface area (Å²) in [5.74, 6) is -0.546. The molecule has 1 aliphatic rings. The van der Waals surface area contributed by atoms with Crippen molar-refractivity contribution in [3.8, 4) is 11.8 Å². The fraction of sp³-hybridized carbons (Fsp3) is 0.194. The van der Waals surface area contributed by atoms with E-state index in [4.69, 9.17) is 5.26 Å². The number of carbonyl (C=O) groups is 1. The van der Waals surface area contributed by atoms with Crippen molar-refractivity contribution in [2.75, 3.05) is 0 Å². The van der Waals surface area contributed by atoms with Crippen molar-refractivity contribution in [2.24, 2.45) is 0 Å². The van der Waals surface area contributed by atoms with Crippen LogP contribution in [0, 0.1) is 11.3 Å². The highest BCUT2D eigenvalue weighted by atomic mass is 32.2. The quantitative estimate of drug-likeness (QED) is 0.206. The summed E-state index contributed by atoms with van der Waals surface area (Å²) in [5.41, 5.74) is 3.15. The lowest BCUT2D eigenvalue weighted by atomic mass is 10.0. The molecule has 6 nitrogen and oxygen atoms in total. The Bertz CT molecular complexity index is 1520. The van der Waals surface area contributed by atoms with Crippen molar-refractivity contribution < 1.29 is 22.7 Å². The molecule has 3 aromatic carbocycles. The Morgan fingerprint density at radius 1 is 0.976 bits per heavy atom. The predicted molar refractivity (Wildman–Crippen MR) is 148 cm³/mol. The van der Waals surface area contributed by atoms with Crippen LogP contribution in [0.5, 0.6) is 5.75 Å². The van der Waals surface area contributed by atoms with Gasteiger partial charge in [0.05, 0.1) is 29.4 Å². The number of carbonyl (C=O) groups excluding carboxylic acids is 1. The Hall–Kier alpha value is -4.33. The second-order valence-electron chi connectivity index (χ2n) is 9.65. The standard InChI is InChI=1S/C31H25F3N4O2S/c32-31(33,34)40-27-12-10-25(11-13-27)30(16-17-30)37-29(39)24-8-4-23(5-9-24)20-38(21-26-3-1-2-18-36-26)41-28-14-6-22(19-35)7-15-28/h1-15,18H,16-17,20-21H2,(H,37,39). The fourth-order valence-electron chi connectivity index (χ4n) is 4.37. The smallest absolute Gasteiger partial charge is 0.406 e. The zero-order chi connectivity index (χ0) is 28.9. The molecule has 1 heterocycles. The van der Waals surface area contributed by atoms with Crippen molar-refractivity contribution >= 4 is 17.9 Å². The first-order valence-corrected chi connectivity index (χ1v) is 13.6. The summed E-state index contributed by atoms with van der Waals surface area (Å²) in [6.07, 6.45) is -1.60. The number of hydrogen-bond donors (Lipinski definition) is 1. The molecule has 0 saturated heterocycles. The molecule has 0 spiro atoms. The van der Waals surface area contributed by atoms with Crippen molar-refractivity contribution in [1.82, 2.24) is 14.6 Å². The Labute approximate surface area is 239 Å². The fourth-order valence-corrected chi connectivity index (χ4v) is 5.34. The number of hydrogen-bond acceptors (Lipinski definition) is 6. The monoisotopic (exact) mass is 574 g/mol. The first kappa shape index (κ1) is 28.2. The lowest BCUT2D eigenvalue weighted by Crippen LogP contribution is -2.34. The Balaban J connectivity index is 1.24. The van der Waals surface area contributed by atoms with E-state index < -0.39 is 11.9 Å². The van der Waals surface area contributed by atoms with Crippen molar-refractivity contribution in [3.63, 3.8) is 0 Å². The van der Waals surface area contributed by atoms with E-state index >= 15 is 0 Å². The van der Waals surface area contributed by atoms with Crippen LogP contribution >= 0.6 is 11.9 Å². The van der Waals surface area contributed by atoms with E-state index in [2.05, 4.69) is 25.4 Å². The van der Waals surface area contributed by atoms with Crippen LogP contribution in [0.4, 0.5) is 13.2 Å². The van der Waals surface area contributed by atoms with Gasteiger partial charge in [-0.1, -0.05) is 30.3 Å². The number of nitrogens with one attached hydrogen (secondary N) is 1. The first-order valence-electron chi connectivity index (χ1n) is 12.8. The van der Waals surface area contributed by atoms with Crippen LogP contribution in [0.25, 0.3) is 0 Å². The molecule has 0 bridgehead atoms. The van der Waals surface area contributed by atoms with Gasteiger partial charge in [0.1, 0.15) is 5.75 Å². The van der Waals surface area contributed by atoms with Crippen LogP contribution in [0.2, 0.25) is 0 Å². The highest BCUT2D eigenvalue weighted by Gasteiger charge is 2.45. The summed E-state index contributed by atoms with van der Waals surface area (Å²) in [7, 11) is 0. The molecule has 1 aromatic heterocycles. The average molecular weight is 575 g/mol. The summed E-state index contributed by atoms with van der Waals surface area (Å²) in [6.45, 7) is 1.17. The number of alkyl halides is 3. The molecule has 10 heteroatoms. The van der Waals surface area contributed by atoms with E-state index in [0.29, 0.717) is 37.1 Å². The molecular formula is C31H25F3N4O2S. The van der Waals surface area contributed by atoms with Crippen LogP contribution < -0.4 is 10.1 Å². The molecule has 1 saturated carbocycles. The van der Waals surface area contributed by atoms with Crippen LogP contribution in [-0.2, 0) is 18.6 Å². The highest BCUT2D eigenvalue weighted by Crippen LogP contribution is 2.46. The maximum Gasteiger partial charge on any atom is 0.573 e. The summed E-state index contributed by atoms with van der Waals surface area (Å²) in [6, 6.07) is 28.3. The molecule has 0 aliphatic heterocycles. The van der Waals surface area contributed by atoms with Gasteiger partial charge in [0.25, 0.3) is 5.91 Å². The van der Waals surface area contributed by atoms with Gasteiger partial charge in [-0.15, -0.1) is 13.2 Å². The Morgan fingerprint density at radius 2 is 1.68 bits per heavy atom. The first-order chi connectivity index (χ1) is 19.7.